The number of amides is 2. The number of carbonyl (C=O) groups excluding carboxylic acids is 2. The molecule has 3 rings (SSSR count). The zero-order chi connectivity index (χ0) is 24.7. The van der Waals surface area contributed by atoms with E-state index in [1.165, 1.54) is 27.4 Å². The van der Waals surface area contributed by atoms with Crippen molar-refractivity contribution in [3.05, 3.63) is 88.1 Å². The van der Waals surface area contributed by atoms with E-state index in [0.29, 0.717) is 33.5 Å². The molecule has 0 aliphatic carbocycles. The van der Waals surface area contributed by atoms with Gasteiger partial charge < -0.3 is 24.8 Å². The number of carbonyl (C=O) groups is 2. The normalized spacial score (nSPS) is 10.9. The van der Waals surface area contributed by atoms with Gasteiger partial charge in [-0.25, -0.2) is 0 Å². The Labute approximate surface area is 203 Å². The van der Waals surface area contributed by atoms with Gasteiger partial charge in [0.05, 0.1) is 21.3 Å². The highest BCUT2D eigenvalue weighted by molar-refractivity contribution is 6.31. The van der Waals surface area contributed by atoms with Gasteiger partial charge in [0, 0.05) is 21.8 Å². The molecule has 0 bridgehead atoms. The van der Waals surface area contributed by atoms with Gasteiger partial charge in [-0.15, -0.1) is 0 Å². The Morgan fingerprint density at radius 1 is 0.853 bits per heavy atom. The van der Waals surface area contributed by atoms with Gasteiger partial charge in [0.15, 0.2) is 11.5 Å². The van der Waals surface area contributed by atoms with Crippen LogP contribution in [0.5, 0.6) is 17.2 Å². The summed E-state index contributed by atoms with van der Waals surface area (Å²) < 4.78 is 15.9. The fourth-order valence-electron chi connectivity index (χ4n) is 3.14. The van der Waals surface area contributed by atoms with E-state index >= 15 is 0 Å². The lowest BCUT2D eigenvalue weighted by molar-refractivity contribution is -0.113. The lowest BCUT2D eigenvalue weighted by atomic mass is 10.1. The number of nitrogens with one attached hydrogen (secondary N) is 2. The molecule has 0 saturated carbocycles. The largest absolute Gasteiger partial charge is 0.496 e. The number of hydrogen-bond donors (Lipinski definition) is 2. The Morgan fingerprint density at radius 2 is 1.56 bits per heavy atom. The Morgan fingerprint density at radius 3 is 2.24 bits per heavy atom. The van der Waals surface area contributed by atoms with Crippen LogP contribution in [0.4, 0.5) is 5.69 Å². The molecule has 34 heavy (non-hydrogen) atoms. The maximum absolute atomic E-state index is 13.2. The fourth-order valence-corrected chi connectivity index (χ4v) is 3.32. The van der Waals surface area contributed by atoms with Crippen LogP contribution in [0.1, 0.15) is 21.5 Å². The van der Waals surface area contributed by atoms with E-state index in [9.17, 15) is 9.59 Å². The van der Waals surface area contributed by atoms with E-state index in [2.05, 4.69) is 10.6 Å². The van der Waals surface area contributed by atoms with Gasteiger partial charge in [-0.3, -0.25) is 9.59 Å². The van der Waals surface area contributed by atoms with E-state index < -0.39 is 11.8 Å². The molecule has 176 valence electrons. The summed E-state index contributed by atoms with van der Waals surface area (Å²) in [7, 11) is 4.52. The molecule has 0 saturated heterocycles. The van der Waals surface area contributed by atoms with Gasteiger partial charge in [-0.1, -0.05) is 35.9 Å². The topological polar surface area (TPSA) is 85.9 Å². The first-order chi connectivity index (χ1) is 16.4. The first-order valence-corrected chi connectivity index (χ1v) is 10.7. The zero-order valence-electron chi connectivity index (χ0n) is 19.3. The van der Waals surface area contributed by atoms with E-state index in [4.69, 9.17) is 25.8 Å². The summed E-state index contributed by atoms with van der Waals surface area (Å²) in [6, 6.07) is 17.1. The number of methoxy groups -OCH3 is 3. The van der Waals surface area contributed by atoms with Crippen LogP contribution in [0, 0.1) is 6.92 Å². The second kappa shape index (κ2) is 11.2. The molecule has 3 aromatic carbocycles. The molecule has 0 aromatic heterocycles. The maximum Gasteiger partial charge on any atom is 0.272 e. The molecule has 2 N–H and O–H groups in total. The Bertz CT molecular complexity index is 1240. The standard InChI is InChI=1S/C26H25ClN2O5/c1-16-9-11-19(15-20(16)27)28-26(31)21(13-17-7-5-6-8-22(17)32-2)29-25(30)18-10-12-23(33-3)24(14-18)34-4/h5-15H,1-4H3,(H,28,31)(H,29,30). The molecule has 0 radical (unpaired) electrons. The average Bonchev–Trinajstić information content (AvgIpc) is 2.85. The van der Waals surface area contributed by atoms with Crippen LogP contribution in [-0.4, -0.2) is 33.1 Å². The molecule has 7 nitrogen and oxygen atoms in total. The van der Waals surface area contributed by atoms with E-state index in [0.717, 1.165) is 5.56 Å². The van der Waals surface area contributed by atoms with Crippen molar-refractivity contribution in [2.24, 2.45) is 0 Å². The molecule has 0 heterocycles. The lowest BCUT2D eigenvalue weighted by Gasteiger charge is -2.14. The van der Waals surface area contributed by atoms with Gasteiger partial charge in [-0.2, -0.15) is 0 Å². The van der Waals surface area contributed by atoms with Crippen molar-refractivity contribution in [3.63, 3.8) is 0 Å². The van der Waals surface area contributed by atoms with Gasteiger partial charge in [0.2, 0.25) is 0 Å². The quantitative estimate of drug-likeness (QED) is 0.439. The highest BCUT2D eigenvalue weighted by Crippen LogP contribution is 2.28. The van der Waals surface area contributed by atoms with Crippen LogP contribution in [0.15, 0.2) is 66.4 Å². The van der Waals surface area contributed by atoms with Crippen molar-refractivity contribution in [2.45, 2.75) is 6.92 Å². The second-order valence-electron chi connectivity index (χ2n) is 7.24. The number of aryl methyl sites for hydroxylation is 1. The van der Waals surface area contributed by atoms with Crippen molar-refractivity contribution >= 4 is 35.2 Å². The van der Waals surface area contributed by atoms with Crippen LogP contribution >= 0.6 is 11.6 Å². The van der Waals surface area contributed by atoms with Crippen molar-refractivity contribution in [1.29, 1.82) is 0 Å². The van der Waals surface area contributed by atoms with Crippen molar-refractivity contribution < 1.29 is 23.8 Å². The van der Waals surface area contributed by atoms with Gasteiger partial charge in [0.25, 0.3) is 11.8 Å². The number of ether oxygens (including phenoxy) is 3. The van der Waals surface area contributed by atoms with Crippen molar-refractivity contribution in [2.75, 3.05) is 26.6 Å². The average molecular weight is 481 g/mol. The number of rotatable bonds is 8. The first-order valence-electron chi connectivity index (χ1n) is 10.3. The Kier molecular flexibility index (Phi) is 8.16. The van der Waals surface area contributed by atoms with Crippen molar-refractivity contribution in [3.8, 4) is 17.2 Å². The summed E-state index contributed by atoms with van der Waals surface area (Å²) in [6.45, 7) is 1.87. The molecular formula is C26H25ClN2O5. The summed E-state index contributed by atoms with van der Waals surface area (Å²) in [5.41, 5.74) is 2.29. The monoisotopic (exact) mass is 480 g/mol. The number of anilines is 1. The van der Waals surface area contributed by atoms with Crippen molar-refractivity contribution in [1.82, 2.24) is 5.32 Å². The maximum atomic E-state index is 13.2. The van der Waals surface area contributed by atoms with Crippen LogP contribution in [0.3, 0.4) is 0 Å². The summed E-state index contributed by atoms with van der Waals surface area (Å²) in [6.07, 6.45) is 1.54. The molecule has 3 aromatic rings. The smallest absolute Gasteiger partial charge is 0.272 e. The summed E-state index contributed by atoms with van der Waals surface area (Å²) >= 11 is 6.19. The minimum Gasteiger partial charge on any atom is -0.496 e. The van der Waals surface area contributed by atoms with Crippen LogP contribution in [-0.2, 0) is 4.79 Å². The number of hydrogen-bond acceptors (Lipinski definition) is 5. The van der Waals surface area contributed by atoms with Crippen LogP contribution in [0.25, 0.3) is 6.08 Å². The van der Waals surface area contributed by atoms with E-state index in [1.807, 2.05) is 13.0 Å². The minimum atomic E-state index is -0.528. The predicted octanol–water partition coefficient (Wildman–Crippen LogP) is 5.08. The lowest BCUT2D eigenvalue weighted by Crippen LogP contribution is -2.30. The highest BCUT2D eigenvalue weighted by Gasteiger charge is 2.18. The van der Waals surface area contributed by atoms with Gasteiger partial charge >= 0.3 is 0 Å². The summed E-state index contributed by atoms with van der Waals surface area (Å²) in [4.78, 5) is 26.2. The minimum absolute atomic E-state index is 0.0148. The fraction of sp³-hybridized carbons (Fsp3) is 0.154. The molecule has 0 atom stereocenters. The van der Waals surface area contributed by atoms with Gasteiger partial charge in [-0.05, 0) is 55.0 Å². The van der Waals surface area contributed by atoms with Crippen LogP contribution in [0.2, 0.25) is 5.02 Å². The Hall–Kier alpha value is -3.97. The molecule has 0 unspecified atom stereocenters. The molecular weight excluding hydrogens is 456 g/mol. The third kappa shape index (κ3) is 5.88. The van der Waals surface area contributed by atoms with E-state index in [-0.39, 0.29) is 11.3 Å². The summed E-state index contributed by atoms with van der Waals surface area (Å²) in [5.74, 6) is 0.396. The molecule has 0 aliphatic rings. The molecule has 8 heteroatoms. The first kappa shape index (κ1) is 24.7. The molecule has 0 spiro atoms. The predicted molar refractivity (Wildman–Crippen MR) is 133 cm³/mol. The highest BCUT2D eigenvalue weighted by atomic mass is 35.5. The number of para-hydroxylation sites is 1. The third-order valence-electron chi connectivity index (χ3n) is 5.01. The SMILES string of the molecule is COc1ccccc1C=C(NC(=O)c1ccc(OC)c(OC)c1)C(=O)Nc1ccc(C)c(Cl)c1. The zero-order valence-corrected chi connectivity index (χ0v) is 20.0. The second-order valence-corrected chi connectivity index (χ2v) is 7.65. The van der Waals surface area contributed by atoms with Crippen LogP contribution < -0.4 is 24.8 Å². The molecule has 0 fully saturated rings. The molecule has 0 aliphatic heterocycles. The number of halogens is 1. The number of benzene rings is 3. The van der Waals surface area contributed by atoms with Gasteiger partial charge in [0.1, 0.15) is 11.4 Å². The third-order valence-corrected chi connectivity index (χ3v) is 5.41. The Balaban J connectivity index is 1.95. The van der Waals surface area contributed by atoms with E-state index in [1.54, 1.807) is 54.6 Å². The summed E-state index contributed by atoms with van der Waals surface area (Å²) in [5, 5.41) is 5.98. The molecule has 2 amide bonds.